The highest BCUT2D eigenvalue weighted by atomic mass is 35.5. The fourth-order valence-corrected chi connectivity index (χ4v) is 6.79. The van der Waals surface area contributed by atoms with Gasteiger partial charge in [-0.1, -0.05) is 35.9 Å². The molecular weight excluding hydrogens is 522 g/mol. The van der Waals surface area contributed by atoms with E-state index >= 15 is 0 Å². The predicted octanol–water partition coefficient (Wildman–Crippen LogP) is 4.80. The number of aliphatic hydroxyl groups is 1. The van der Waals surface area contributed by atoms with Crippen molar-refractivity contribution in [3.05, 3.63) is 88.4 Å². The van der Waals surface area contributed by atoms with Crippen LogP contribution in [0.25, 0.3) is 0 Å². The molecule has 38 heavy (non-hydrogen) atoms. The van der Waals surface area contributed by atoms with Crippen molar-refractivity contribution in [2.45, 2.75) is 56.2 Å². The molecule has 5 rings (SSSR count). The maximum absolute atomic E-state index is 13.8. The summed E-state index contributed by atoms with van der Waals surface area (Å²) in [5.41, 5.74) is 0.645. The average Bonchev–Trinajstić information content (AvgIpc) is 3.46. The van der Waals surface area contributed by atoms with Gasteiger partial charge in [0.25, 0.3) is 5.91 Å². The minimum Gasteiger partial charge on any atom is -0.372 e. The molecular formula is C29H32ClN3O4S. The Morgan fingerprint density at radius 3 is 2.21 bits per heavy atom. The number of rotatable bonds is 6. The third-order valence-electron chi connectivity index (χ3n) is 6.97. The Balaban J connectivity index is 1.46. The van der Waals surface area contributed by atoms with Gasteiger partial charge >= 0.3 is 0 Å². The van der Waals surface area contributed by atoms with Gasteiger partial charge in [0, 0.05) is 34.9 Å². The number of hydrogen-bond acceptors (Lipinski definition) is 5. The summed E-state index contributed by atoms with van der Waals surface area (Å²) >= 11 is 6.29. The van der Waals surface area contributed by atoms with E-state index in [1.165, 1.54) is 42.8 Å². The monoisotopic (exact) mass is 553 g/mol. The number of amides is 1. The van der Waals surface area contributed by atoms with E-state index in [-0.39, 0.29) is 17.0 Å². The summed E-state index contributed by atoms with van der Waals surface area (Å²) in [5, 5.41) is 12.3. The molecule has 2 heterocycles. The molecule has 9 heteroatoms. The zero-order chi connectivity index (χ0) is 27.3. The molecule has 2 aliphatic rings. The van der Waals surface area contributed by atoms with Crippen LogP contribution in [-0.2, 0) is 27.0 Å². The SMILES string of the molecule is CC(C)(C)NS(=O)(=O)c1ccc(C2(O)C(=O)N(Cc3ccc(N4CCCC4)cc3)c3ccc(Cl)cc32)cc1. The van der Waals surface area contributed by atoms with E-state index in [1.807, 2.05) is 12.1 Å². The molecule has 1 saturated heterocycles. The van der Waals surface area contributed by atoms with E-state index < -0.39 is 27.1 Å². The number of sulfonamides is 1. The Hall–Kier alpha value is -2.91. The molecule has 0 radical (unpaired) electrons. The molecule has 1 amide bonds. The van der Waals surface area contributed by atoms with Gasteiger partial charge < -0.3 is 14.9 Å². The molecule has 7 nitrogen and oxygen atoms in total. The number of nitrogens with one attached hydrogen (secondary N) is 1. The first-order valence-corrected chi connectivity index (χ1v) is 14.6. The molecule has 0 aromatic heterocycles. The lowest BCUT2D eigenvalue weighted by atomic mass is 9.87. The number of benzene rings is 3. The number of carbonyl (C=O) groups is 1. The molecule has 0 bridgehead atoms. The van der Waals surface area contributed by atoms with Gasteiger partial charge in [-0.15, -0.1) is 0 Å². The zero-order valence-electron chi connectivity index (χ0n) is 21.7. The van der Waals surface area contributed by atoms with Crippen LogP contribution in [0.15, 0.2) is 71.6 Å². The Morgan fingerprint density at radius 1 is 0.974 bits per heavy atom. The van der Waals surface area contributed by atoms with Crippen LogP contribution in [0, 0.1) is 0 Å². The van der Waals surface area contributed by atoms with Crippen molar-refractivity contribution in [1.29, 1.82) is 0 Å². The second kappa shape index (κ2) is 9.68. The van der Waals surface area contributed by atoms with Gasteiger partial charge in [0.1, 0.15) is 0 Å². The minimum atomic E-state index is -3.77. The summed E-state index contributed by atoms with van der Waals surface area (Å²) in [6, 6.07) is 18.9. The van der Waals surface area contributed by atoms with Gasteiger partial charge in [0.2, 0.25) is 10.0 Å². The van der Waals surface area contributed by atoms with Crippen LogP contribution in [-0.4, -0.2) is 38.1 Å². The maximum atomic E-state index is 13.8. The molecule has 3 aromatic rings. The van der Waals surface area contributed by atoms with Crippen molar-refractivity contribution in [3.63, 3.8) is 0 Å². The first kappa shape index (κ1) is 26.7. The predicted molar refractivity (Wildman–Crippen MR) is 150 cm³/mol. The summed E-state index contributed by atoms with van der Waals surface area (Å²) in [7, 11) is -3.77. The molecule has 0 spiro atoms. The van der Waals surface area contributed by atoms with Gasteiger partial charge in [-0.25, -0.2) is 13.1 Å². The normalized spacial score (nSPS) is 19.8. The maximum Gasteiger partial charge on any atom is 0.268 e. The van der Waals surface area contributed by atoms with E-state index in [9.17, 15) is 18.3 Å². The average molecular weight is 554 g/mol. The number of nitrogens with zero attached hydrogens (tertiary/aromatic N) is 2. The van der Waals surface area contributed by atoms with Gasteiger partial charge in [-0.2, -0.15) is 0 Å². The van der Waals surface area contributed by atoms with Crippen molar-refractivity contribution >= 4 is 38.9 Å². The fraction of sp³-hybridized carbons (Fsp3) is 0.345. The molecule has 200 valence electrons. The van der Waals surface area contributed by atoms with Crippen LogP contribution >= 0.6 is 11.6 Å². The topological polar surface area (TPSA) is 89.9 Å². The first-order chi connectivity index (χ1) is 17.9. The molecule has 3 aromatic carbocycles. The standard InChI is InChI=1S/C29H32ClN3O4S/c1-28(2,3)31-38(36,37)24-13-8-21(9-14-24)29(35)25-18-22(30)10-15-26(25)33(27(29)34)19-20-6-11-23(12-7-20)32-16-4-5-17-32/h6-15,18,31,35H,4-5,16-17,19H2,1-3H3. The quantitative estimate of drug-likeness (QED) is 0.458. The molecule has 2 N–H and O–H groups in total. The summed E-state index contributed by atoms with van der Waals surface area (Å²) in [5.74, 6) is -0.512. The number of carbonyl (C=O) groups excluding carboxylic acids is 1. The van der Waals surface area contributed by atoms with Crippen molar-refractivity contribution in [2.24, 2.45) is 0 Å². The van der Waals surface area contributed by atoms with Crippen molar-refractivity contribution < 1.29 is 18.3 Å². The molecule has 0 saturated carbocycles. The van der Waals surface area contributed by atoms with Crippen LogP contribution in [0.1, 0.15) is 50.3 Å². The van der Waals surface area contributed by atoms with Crippen LogP contribution in [0.3, 0.4) is 0 Å². The Labute approximate surface area is 229 Å². The van der Waals surface area contributed by atoms with E-state index in [2.05, 4.69) is 21.8 Å². The zero-order valence-corrected chi connectivity index (χ0v) is 23.3. The lowest BCUT2D eigenvalue weighted by Crippen LogP contribution is -2.41. The minimum absolute atomic E-state index is 0.0477. The molecule has 1 unspecified atom stereocenters. The lowest BCUT2D eigenvalue weighted by molar-refractivity contribution is -0.132. The Morgan fingerprint density at radius 2 is 1.61 bits per heavy atom. The van der Waals surface area contributed by atoms with E-state index in [0.717, 1.165) is 18.7 Å². The van der Waals surface area contributed by atoms with E-state index in [4.69, 9.17) is 11.6 Å². The van der Waals surface area contributed by atoms with Gasteiger partial charge in [-0.3, -0.25) is 4.79 Å². The summed E-state index contributed by atoms with van der Waals surface area (Å²) in [6.45, 7) is 7.66. The highest BCUT2D eigenvalue weighted by Crippen LogP contribution is 2.46. The third-order valence-corrected chi connectivity index (χ3v) is 8.97. The van der Waals surface area contributed by atoms with Crippen LogP contribution in [0.4, 0.5) is 11.4 Å². The van der Waals surface area contributed by atoms with Crippen molar-refractivity contribution in [2.75, 3.05) is 22.9 Å². The number of halogens is 1. The summed E-state index contributed by atoms with van der Waals surface area (Å²) < 4.78 is 28.1. The smallest absolute Gasteiger partial charge is 0.268 e. The van der Waals surface area contributed by atoms with Crippen LogP contribution in [0.5, 0.6) is 0 Å². The molecule has 1 fully saturated rings. The van der Waals surface area contributed by atoms with Gasteiger partial charge in [0.05, 0.1) is 17.1 Å². The second-order valence-electron chi connectivity index (χ2n) is 11.0. The Bertz CT molecular complexity index is 1460. The first-order valence-electron chi connectivity index (χ1n) is 12.7. The highest BCUT2D eigenvalue weighted by Gasteiger charge is 2.51. The molecule has 0 aliphatic carbocycles. The van der Waals surface area contributed by atoms with Crippen LogP contribution < -0.4 is 14.5 Å². The Kier molecular flexibility index (Phi) is 6.80. The number of hydrogen-bond donors (Lipinski definition) is 2. The molecule has 1 atom stereocenters. The van der Waals surface area contributed by atoms with Gasteiger partial charge in [-0.05, 0) is 87.2 Å². The highest BCUT2D eigenvalue weighted by molar-refractivity contribution is 7.89. The third kappa shape index (κ3) is 4.94. The second-order valence-corrected chi connectivity index (χ2v) is 13.1. The number of anilines is 2. The summed E-state index contributed by atoms with van der Waals surface area (Å²) in [6.07, 6.45) is 2.39. The van der Waals surface area contributed by atoms with Gasteiger partial charge in [0.15, 0.2) is 5.60 Å². The van der Waals surface area contributed by atoms with Crippen LogP contribution in [0.2, 0.25) is 5.02 Å². The van der Waals surface area contributed by atoms with Crippen molar-refractivity contribution in [3.8, 4) is 0 Å². The lowest BCUT2D eigenvalue weighted by Gasteiger charge is -2.25. The number of fused-ring (bicyclic) bond motifs is 1. The van der Waals surface area contributed by atoms with Crippen molar-refractivity contribution in [1.82, 2.24) is 4.72 Å². The van der Waals surface area contributed by atoms with E-state index in [1.54, 1.807) is 43.9 Å². The largest absolute Gasteiger partial charge is 0.372 e. The summed E-state index contributed by atoms with van der Waals surface area (Å²) in [4.78, 5) is 17.8. The fourth-order valence-electron chi connectivity index (χ4n) is 5.20. The van der Waals surface area contributed by atoms with E-state index in [0.29, 0.717) is 16.3 Å². The molecule has 2 aliphatic heterocycles.